The van der Waals surface area contributed by atoms with Crippen LogP contribution in [0.2, 0.25) is 0 Å². The Morgan fingerprint density at radius 3 is 2.36 bits per heavy atom. The topological polar surface area (TPSA) is 35.9 Å². The molecule has 0 fully saturated rings. The summed E-state index contributed by atoms with van der Waals surface area (Å²) in [4.78, 5) is 0. The zero-order valence-corrected chi connectivity index (χ0v) is 15.5. The molecule has 0 aliphatic carbocycles. The molecule has 0 aliphatic heterocycles. The van der Waals surface area contributed by atoms with E-state index in [0.29, 0.717) is 38.1 Å². The van der Waals surface area contributed by atoms with Crippen LogP contribution in [-0.4, -0.2) is 14.3 Å². The van der Waals surface area contributed by atoms with Gasteiger partial charge in [0.2, 0.25) is 10.6 Å². The lowest BCUT2D eigenvalue weighted by Crippen LogP contribution is -2.15. The van der Waals surface area contributed by atoms with Gasteiger partial charge in [-0.05, 0) is 56.2 Å². The zero-order valence-electron chi connectivity index (χ0n) is 13.9. The molecule has 3 aromatic rings. The van der Waals surface area contributed by atoms with E-state index < -0.39 is 12.0 Å². The van der Waals surface area contributed by atoms with Crippen LogP contribution >= 0.6 is 24.4 Å². The first kappa shape index (κ1) is 17.8. The highest BCUT2D eigenvalue weighted by molar-refractivity contribution is 7.71. The third kappa shape index (κ3) is 2.81. The average molecular weight is 385 g/mol. The standard InChI is InChI=1S/C16H14F3N3OS2/c1-7-5-10(9(3)12-11(24)6-8(2)23-13(7)12)22-14(16(17,18)19)20-21(4)15(22)25/h5-6H,1-4H3. The van der Waals surface area contributed by atoms with Gasteiger partial charge in [-0.15, -0.1) is 5.10 Å². The summed E-state index contributed by atoms with van der Waals surface area (Å²) in [6.45, 7) is 5.24. The van der Waals surface area contributed by atoms with Gasteiger partial charge < -0.3 is 4.42 Å². The van der Waals surface area contributed by atoms with Gasteiger partial charge in [-0.2, -0.15) is 13.2 Å². The molecule has 132 valence electrons. The van der Waals surface area contributed by atoms with Gasteiger partial charge in [0.1, 0.15) is 11.3 Å². The second-order valence-corrected chi connectivity index (χ2v) is 6.63. The van der Waals surface area contributed by atoms with Gasteiger partial charge in [-0.3, -0.25) is 4.57 Å². The van der Waals surface area contributed by atoms with E-state index in [1.54, 1.807) is 32.9 Å². The highest BCUT2D eigenvalue weighted by Crippen LogP contribution is 2.34. The summed E-state index contributed by atoms with van der Waals surface area (Å²) in [5, 5.41) is 4.15. The van der Waals surface area contributed by atoms with Crippen molar-refractivity contribution < 1.29 is 17.6 Å². The van der Waals surface area contributed by atoms with Crippen molar-refractivity contribution in [3.63, 3.8) is 0 Å². The number of aromatic nitrogens is 3. The van der Waals surface area contributed by atoms with Crippen molar-refractivity contribution in [1.29, 1.82) is 0 Å². The predicted octanol–water partition coefficient (Wildman–Crippen LogP) is 5.36. The van der Waals surface area contributed by atoms with E-state index in [2.05, 4.69) is 5.10 Å². The summed E-state index contributed by atoms with van der Waals surface area (Å²) in [5.41, 5.74) is 2.09. The highest BCUT2D eigenvalue weighted by atomic mass is 32.1. The van der Waals surface area contributed by atoms with E-state index in [0.717, 1.165) is 9.25 Å². The Morgan fingerprint density at radius 1 is 1.12 bits per heavy atom. The van der Waals surface area contributed by atoms with E-state index in [1.165, 1.54) is 7.05 Å². The van der Waals surface area contributed by atoms with Crippen molar-refractivity contribution in [2.75, 3.05) is 0 Å². The summed E-state index contributed by atoms with van der Waals surface area (Å²) in [7, 11) is 1.38. The maximum absolute atomic E-state index is 13.4. The predicted molar refractivity (Wildman–Crippen MR) is 93.2 cm³/mol. The minimum Gasteiger partial charge on any atom is -0.461 e. The van der Waals surface area contributed by atoms with E-state index >= 15 is 0 Å². The fraction of sp³-hybridized carbons (Fsp3) is 0.312. The smallest absolute Gasteiger partial charge is 0.452 e. The SMILES string of the molecule is Cc1cc(=S)c2c(C)c(-n3c(C(F)(F)F)nn(C)c3=S)cc(C)c2o1. The third-order valence-corrected chi connectivity index (χ3v) is 4.73. The Hall–Kier alpha value is -2.00. The van der Waals surface area contributed by atoms with Crippen LogP contribution < -0.4 is 0 Å². The van der Waals surface area contributed by atoms with Crippen molar-refractivity contribution in [1.82, 2.24) is 14.3 Å². The van der Waals surface area contributed by atoms with Crippen molar-refractivity contribution >= 4 is 35.4 Å². The van der Waals surface area contributed by atoms with Gasteiger partial charge in [0, 0.05) is 12.4 Å². The third-order valence-electron chi connectivity index (χ3n) is 3.96. The lowest BCUT2D eigenvalue weighted by atomic mass is 10.0. The Balaban J connectivity index is 2.50. The molecule has 0 atom stereocenters. The molecule has 0 N–H and O–H groups in total. The van der Waals surface area contributed by atoms with Crippen LogP contribution in [0.1, 0.15) is 22.7 Å². The van der Waals surface area contributed by atoms with Crippen molar-refractivity contribution in [2.45, 2.75) is 26.9 Å². The molecule has 2 aromatic heterocycles. The van der Waals surface area contributed by atoms with E-state index in [-0.39, 0.29) is 4.77 Å². The quantitative estimate of drug-likeness (QED) is 0.528. The number of hydrogen-bond donors (Lipinski definition) is 0. The van der Waals surface area contributed by atoms with Crippen molar-refractivity contribution in [3.8, 4) is 5.69 Å². The Bertz CT molecular complexity index is 1120. The van der Waals surface area contributed by atoms with Crippen LogP contribution in [0.5, 0.6) is 0 Å². The number of halogens is 3. The van der Waals surface area contributed by atoms with Crippen LogP contribution in [0.15, 0.2) is 16.5 Å². The zero-order chi connectivity index (χ0) is 18.7. The minimum absolute atomic E-state index is 0.0517. The van der Waals surface area contributed by atoms with Gasteiger partial charge >= 0.3 is 6.18 Å². The van der Waals surface area contributed by atoms with Crippen molar-refractivity contribution in [3.05, 3.63) is 44.1 Å². The minimum atomic E-state index is -4.64. The summed E-state index contributed by atoms with van der Waals surface area (Å²) in [6, 6.07) is 3.29. The fourth-order valence-corrected chi connectivity index (χ4v) is 3.49. The molecule has 0 aliphatic rings. The molecule has 3 rings (SSSR count). The summed E-state index contributed by atoms with van der Waals surface area (Å²) < 4.78 is 48.4. The van der Waals surface area contributed by atoms with Gasteiger partial charge in [0.25, 0.3) is 0 Å². The largest absolute Gasteiger partial charge is 0.461 e. The monoisotopic (exact) mass is 385 g/mol. The molecule has 25 heavy (non-hydrogen) atoms. The average Bonchev–Trinajstić information content (AvgIpc) is 2.78. The first-order valence-corrected chi connectivity index (χ1v) is 8.12. The van der Waals surface area contributed by atoms with E-state index in [4.69, 9.17) is 28.9 Å². The molecule has 4 nitrogen and oxygen atoms in total. The van der Waals surface area contributed by atoms with Crippen LogP contribution in [-0.2, 0) is 13.2 Å². The summed E-state index contributed by atoms with van der Waals surface area (Å²) >= 11 is 10.6. The molecule has 0 amide bonds. The Morgan fingerprint density at radius 2 is 1.76 bits per heavy atom. The number of alkyl halides is 3. The fourth-order valence-electron chi connectivity index (χ4n) is 2.85. The number of nitrogens with zero attached hydrogens (tertiary/aromatic N) is 3. The first-order chi connectivity index (χ1) is 11.5. The number of hydrogen-bond acceptors (Lipinski definition) is 4. The van der Waals surface area contributed by atoms with Gasteiger partial charge in [0.05, 0.1) is 10.2 Å². The maximum atomic E-state index is 13.4. The lowest BCUT2D eigenvalue weighted by molar-refractivity contribution is -0.146. The van der Waals surface area contributed by atoms with Crippen LogP contribution in [0, 0.1) is 30.1 Å². The molecule has 0 radical (unpaired) electrons. The van der Waals surface area contributed by atoms with Crippen LogP contribution in [0.4, 0.5) is 13.2 Å². The molecule has 2 heterocycles. The number of benzene rings is 1. The van der Waals surface area contributed by atoms with Gasteiger partial charge in [-0.1, -0.05) is 12.2 Å². The van der Waals surface area contributed by atoms with Gasteiger partial charge in [-0.25, -0.2) is 4.68 Å². The number of fused-ring (bicyclic) bond motifs is 1. The van der Waals surface area contributed by atoms with Crippen molar-refractivity contribution in [2.24, 2.45) is 7.05 Å². The van der Waals surface area contributed by atoms with E-state index in [9.17, 15) is 13.2 Å². The molecule has 0 bridgehead atoms. The number of aryl methyl sites for hydroxylation is 4. The lowest BCUT2D eigenvalue weighted by Gasteiger charge is -2.15. The van der Waals surface area contributed by atoms with E-state index in [1.807, 2.05) is 0 Å². The second kappa shape index (κ2) is 5.77. The molecule has 1 aromatic carbocycles. The first-order valence-electron chi connectivity index (χ1n) is 7.30. The molecule has 0 saturated heterocycles. The molecular formula is C16H14F3N3OS2. The van der Waals surface area contributed by atoms with Crippen LogP contribution in [0.3, 0.4) is 0 Å². The number of rotatable bonds is 1. The molecular weight excluding hydrogens is 371 g/mol. The van der Waals surface area contributed by atoms with Crippen LogP contribution in [0.25, 0.3) is 16.7 Å². The maximum Gasteiger partial charge on any atom is 0.452 e. The summed E-state index contributed by atoms with van der Waals surface area (Å²) in [5.74, 6) is -0.432. The summed E-state index contributed by atoms with van der Waals surface area (Å²) in [6.07, 6.45) is -4.64. The highest BCUT2D eigenvalue weighted by Gasteiger charge is 2.39. The molecule has 0 spiro atoms. The normalized spacial score (nSPS) is 12.1. The molecule has 0 saturated carbocycles. The Labute approximate surface area is 151 Å². The molecule has 0 unspecified atom stereocenters. The molecule has 9 heteroatoms. The van der Waals surface area contributed by atoms with Gasteiger partial charge in [0.15, 0.2) is 0 Å². The Kier molecular flexibility index (Phi) is 4.11. The second-order valence-electron chi connectivity index (χ2n) is 5.83.